The van der Waals surface area contributed by atoms with Crippen molar-refractivity contribution >= 4 is 11.9 Å². The predicted molar refractivity (Wildman–Crippen MR) is 65.0 cm³/mol. The van der Waals surface area contributed by atoms with Crippen LogP contribution < -0.4 is 11.1 Å². The molecular weight excluding hydrogens is 232 g/mol. The molecular formula is C10H14N8. The lowest BCUT2D eigenvalue weighted by Gasteiger charge is -2.13. The molecule has 1 fully saturated rings. The van der Waals surface area contributed by atoms with Crippen LogP contribution in [0.4, 0.5) is 11.9 Å². The van der Waals surface area contributed by atoms with Gasteiger partial charge in [-0.15, -0.1) is 0 Å². The quantitative estimate of drug-likeness (QED) is 0.795. The van der Waals surface area contributed by atoms with Gasteiger partial charge in [0.25, 0.3) is 5.95 Å². The molecule has 2 aromatic heterocycles. The van der Waals surface area contributed by atoms with Gasteiger partial charge in [-0.2, -0.15) is 24.7 Å². The van der Waals surface area contributed by atoms with Gasteiger partial charge in [0.05, 0.1) is 0 Å². The van der Waals surface area contributed by atoms with Crippen LogP contribution in [0.25, 0.3) is 5.95 Å². The van der Waals surface area contributed by atoms with Crippen molar-refractivity contribution in [3.63, 3.8) is 0 Å². The fourth-order valence-electron chi connectivity index (χ4n) is 1.78. The molecule has 0 radical (unpaired) electrons. The summed E-state index contributed by atoms with van der Waals surface area (Å²) >= 11 is 0. The monoisotopic (exact) mass is 246 g/mol. The van der Waals surface area contributed by atoms with Crippen molar-refractivity contribution in [2.24, 2.45) is 5.92 Å². The van der Waals surface area contributed by atoms with Crippen molar-refractivity contribution in [1.82, 2.24) is 29.7 Å². The van der Waals surface area contributed by atoms with Crippen LogP contribution in [-0.2, 0) is 0 Å². The molecule has 1 atom stereocenters. The predicted octanol–water partition coefficient (Wildman–Crippen LogP) is 0.245. The van der Waals surface area contributed by atoms with Crippen LogP contribution in [0, 0.1) is 5.92 Å². The Morgan fingerprint density at radius 2 is 2.22 bits per heavy atom. The molecule has 1 saturated carbocycles. The highest BCUT2D eigenvalue weighted by Gasteiger charge is 2.28. The molecule has 18 heavy (non-hydrogen) atoms. The Morgan fingerprint density at radius 1 is 1.39 bits per heavy atom. The van der Waals surface area contributed by atoms with Gasteiger partial charge in [0, 0.05) is 6.04 Å². The molecule has 0 spiro atoms. The summed E-state index contributed by atoms with van der Waals surface area (Å²) in [7, 11) is 0. The number of nitrogens with one attached hydrogen (secondary N) is 1. The minimum absolute atomic E-state index is 0.168. The van der Waals surface area contributed by atoms with Crippen LogP contribution in [0.3, 0.4) is 0 Å². The number of anilines is 2. The topological polar surface area (TPSA) is 107 Å². The van der Waals surface area contributed by atoms with Crippen molar-refractivity contribution < 1.29 is 0 Å². The van der Waals surface area contributed by atoms with Crippen molar-refractivity contribution in [3.8, 4) is 5.95 Å². The molecule has 1 unspecified atom stereocenters. The van der Waals surface area contributed by atoms with Gasteiger partial charge in [0.1, 0.15) is 12.7 Å². The number of rotatable bonds is 4. The van der Waals surface area contributed by atoms with E-state index in [0.29, 0.717) is 23.9 Å². The number of hydrogen-bond acceptors (Lipinski definition) is 7. The zero-order chi connectivity index (χ0) is 12.5. The van der Waals surface area contributed by atoms with Gasteiger partial charge in [-0.05, 0) is 25.7 Å². The van der Waals surface area contributed by atoms with Gasteiger partial charge >= 0.3 is 0 Å². The van der Waals surface area contributed by atoms with E-state index in [2.05, 4.69) is 37.3 Å². The molecule has 3 N–H and O–H groups in total. The highest BCUT2D eigenvalue weighted by Crippen LogP contribution is 2.33. The lowest BCUT2D eigenvalue weighted by molar-refractivity contribution is 0.682. The van der Waals surface area contributed by atoms with E-state index in [1.807, 2.05) is 0 Å². The fourth-order valence-corrected chi connectivity index (χ4v) is 1.78. The van der Waals surface area contributed by atoms with E-state index in [4.69, 9.17) is 5.73 Å². The molecule has 0 bridgehead atoms. The van der Waals surface area contributed by atoms with Crippen LogP contribution in [0.2, 0.25) is 0 Å². The zero-order valence-corrected chi connectivity index (χ0v) is 9.98. The van der Waals surface area contributed by atoms with Gasteiger partial charge < -0.3 is 11.1 Å². The maximum absolute atomic E-state index is 5.67. The first-order valence-electron chi connectivity index (χ1n) is 5.85. The zero-order valence-electron chi connectivity index (χ0n) is 9.98. The average molecular weight is 246 g/mol. The van der Waals surface area contributed by atoms with Crippen molar-refractivity contribution in [2.75, 3.05) is 11.1 Å². The van der Waals surface area contributed by atoms with E-state index >= 15 is 0 Å². The number of nitrogen functional groups attached to an aromatic ring is 1. The van der Waals surface area contributed by atoms with Gasteiger partial charge in [0.2, 0.25) is 11.9 Å². The van der Waals surface area contributed by atoms with Gasteiger partial charge in [0.15, 0.2) is 0 Å². The maximum atomic E-state index is 5.67. The van der Waals surface area contributed by atoms with E-state index < -0.39 is 0 Å². The minimum atomic E-state index is 0.168. The van der Waals surface area contributed by atoms with E-state index in [1.165, 1.54) is 30.2 Å². The molecule has 2 heterocycles. The third-order valence-electron chi connectivity index (χ3n) is 2.95. The molecule has 8 heteroatoms. The van der Waals surface area contributed by atoms with E-state index in [-0.39, 0.29) is 5.95 Å². The second kappa shape index (κ2) is 4.21. The molecule has 94 valence electrons. The Labute approximate surface area is 104 Å². The van der Waals surface area contributed by atoms with Gasteiger partial charge in [-0.1, -0.05) is 0 Å². The lowest BCUT2D eigenvalue weighted by Crippen LogP contribution is -2.20. The Bertz CT molecular complexity index is 533. The van der Waals surface area contributed by atoms with Crippen LogP contribution in [0.15, 0.2) is 12.7 Å². The van der Waals surface area contributed by atoms with Gasteiger partial charge in [-0.25, -0.2) is 4.98 Å². The fraction of sp³-hybridized carbons (Fsp3) is 0.500. The van der Waals surface area contributed by atoms with Crippen LogP contribution in [0.5, 0.6) is 0 Å². The van der Waals surface area contributed by atoms with Crippen molar-refractivity contribution in [2.45, 2.75) is 25.8 Å². The summed E-state index contributed by atoms with van der Waals surface area (Å²) in [6.45, 7) is 2.12. The van der Waals surface area contributed by atoms with Crippen LogP contribution in [0.1, 0.15) is 19.8 Å². The van der Waals surface area contributed by atoms with E-state index in [1.54, 1.807) is 0 Å². The Morgan fingerprint density at radius 3 is 2.89 bits per heavy atom. The average Bonchev–Trinajstić information content (AvgIpc) is 3.04. The highest BCUT2D eigenvalue weighted by molar-refractivity contribution is 5.35. The van der Waals surface area contributed by atoms with Crippen molar-refractivity contribution in [1.29, 1.82) is 0 Å². The van der Waals surface area contributed by atoms with Crippen LogP contribution in [-0.4, -0.2) is 35.8 Å². The van der Waals surface area contributed by atoms with E-state index in [0.717, 1.165) is 0 Å². The van der Waals surface area contributed by atoms with Gasteiger partial charge in [-0.3, -0.25) is 0 Å². The van der Waals surface area contributed by atoms with Crippen LogP contribution >= 0.6 is 0 Å². The lowest BCUT2D eigenvalue weighted by atomic mass is 10.2. The third kappa shape index (κ3) is 2.22. The second-order valence-electron chi connectivity index (χ2n) is 4.43. The minimum Gasteiger partial charge on any atom is -0.368 e. The molecule has 8 nitrogen and oxygen atoms in total. The number of nitrogens with two attached hydrogens (primary N) is 1. The molecule has 1 aliphatic rings. The highest BCUT2D eigenvalue weighted by atomic mass is 15.4. The molecule has 0 saturated heterocycles. The Kier molecular flexibility index (Phi) is 2.54. The summed E-state index contributed by atoms with van der Waals surface area (Å²) in [5.74, 6) is 1.72. The Hall–Kier alpha value is -2.25. The summed E-state index contributed by atoms with van der Waals surface area (Å²) in [5.41, 5.74) is 5.67. The molecule has 0 aliphatic heterocycles. The summed E-state index contributed by atoms with van der Waals surface area (Å²) in [5, 5.41) is 7.21. The second-order valence-corrected chi connectivity index (χ2v) is 4.43. The van der Waals surface area contributed by atoms with E-state index in [9.17, 15) is 0 Å². The first kappa shape index (κ1) is 10.9. The van der Waals surface area contributed by atoms with Crippen molar-refractivity contribution in [3.05, 3.63) is 12.7 Å². The number of hydrogen-bond donors (Lipinski definition) is 2. The first-order valence-corrected chi connectivity index (χ1v) is 5.85. The number of aromatic nitrogens is 6. The SMILES string of the molecule is CC(Nc1nc(N)nc(-n2cncn2)n1)C1CC1. The molecule has 2 aromatic rings. The summed E-state index contributed by atoms with van der Waals surface area (Å²) in [6, 6.07) is 0.343. The first-order chi connectivity index (χ1) is 8.72. The molecule has 1 aliphatic carbocycles. The smallest absolute Gasteiger partial charge is 0.258 e. The molecule has 3 rings (SSSR count). The standard InChI is InChI=1S/C10H14N8/c1-6(7-2-3-7)14-9-15-8(11)16-10(17-9)18-5-12-4-13-18/h4-7H,2-3H2,1H3,(H3,11,14,15,16,17). The summed E-state index contributed by atoms with van der Waals surface area (Å²) in [4.78, 5) is 16.2. The maximum Gasteiger partial charge on any atom is 0.258 e. The third-order valence-corrected chi connectivity index (χ3v) is 2.95. The largest absolute Gasteiger partial charge is 0.368 e. The molecule has 0 amide bonds. The summed E-state index contributed by atoms with van der Waals surface area (Å²) in [6.07, 6.45) is 5.44. The number of nitrogens with zero attached hydrogens (tertiary/aromatic N) is 6. The summed E-state index contributed by atoms with van der Waals surface area (Å²) < 4.78 is 1.45. The normalized spacial score (nSPS) is 16.5. The Balaban J connectivity index is 1.85. The molecule has 0 aromatic carbocycles.